The fraction of sp³-hybridized carbons (Fsp3) is 0.556. The highest BCUT2D eigenvalue weighted by molar-refractivity contribution is 7.52. The van der Waals surface area contributed by atoms with Gasteiger partial charge in [0.15, 0.2) is 29.4 Å². The van der Waals surface area contributed by atoms with Crippen LogP contribution >= 0.6 is 19.3 Å². The third-order valence-corrected chi connectivity index (χ3v) is 9.43. The molecule has 1 aliphatic heterocycles. The number of nitrogens with two attached hydrogens (primary N) is 1. The number of halogens is 2. The van der Waals surface area contributed by atoms with Gasteiger partial charge in [-0.1, -0.05) is 18.2 Å². The number of alkyl halides is 2. The first-order valence-corrected chi connectivity index (χ1v) is 16.3. The number of aromatic nitrogens is 4. The summed E-state index contributed by atoms with van der Waals surface area (Å²) in [5.74, 6) is -0.646. The number of carbonyl (C=O) groups excluding carboxylic acids is 1. The smallest absolute Gasteiger partial charge is 0.459 e. The molecule has 14 nitrogen and oxygen atoms in total. The normalized spacial score (nSPS) is 25.8. The van der Waals surface area contributed by atoms with Gasteiger partial charge < -0.3 is 30.2 Å². The Kier molecular flexibility index (Phi) is 9.64. The third kappa shape index (κ3) is 6.77. The van der Waals surface area contributed by atoms with Gasteiger partial charge in [-0.05, 0) is 52.2 Å². The van der Waals surface area contributed by atoms with Gasteiger partial charge in [0.2, 0.25) is 5.95 Å². The second kappa shape index (κ2) is 13.1. The van der Waals surface area contributed by atoms with Crippen molar-refractivity contribution in [3.63, 3.8) is 0 Å². The van der Waals surface area contributed by atoms with Crippen molar-refractivity contribution in [2.75, 3.05) is 23.5 Å². The Bertz CT molecular complexity index is 1510. The molecule has 5 N–H and O–H groups in total. The Hall–Kier alpha value is -3.07. The monoisotopic (exact) mass is 655 g/mol. The molecule has 0 bridgehead atoms. The lowest BCUT2D eigenvalue weighted by Gasteiger charge is -2.31. The number of imidazole rings is 1. The number of nitrogens with zero attached hydrogens (tertiary/aromatic N) is 4. The molecule has 1 saturated heterocycles. The lowest BCUT2D eigenvalue weighted by Crippen LogP contribution is -2.48. The van der Waals surface area contributed by atoms with E-state index >= 15 is 4.39 Å². The average Bonchev–Trinajstić information content (AvgIpc) is 3.48. The number of ether oxygens (including phenoxy) is 2. The molecule has 0 spiro atoms. The molecular formula is C27H36ClFN7O7P. The van der Waals surface area contributed by atoms with Crippen molar-refractivity contribution in [1.82, 2.24) is 24.6 Å². The van der Waals surface area contributed by atoms with Crippen LogP contribution in [0.3, 0.4) is 0 Å². The number of aliphatic hydroxyl groups excluding tert-OH is 1. The number of hydrogen-bond donors (Lipinski definition) is 4. The van der Waals surface area contributed by atoms with Crippen LogP contribution in [-0.2, 0) is 23.4 Å². The van der Waals surface area contributed by atoms with Crippen LogP contribution in [0.4, 0.5) is 16.2 Å². The second-order valence-electron chi connectivity index (χ2n) is 11.1. The minimum absolute atomic E-state index is 0.0582. The molecule has 1 aliphatic carbocycles. The number of esters is 1. The van der Waals surface area contributed by atoms with E-state index in [1.165, 1.54) is 30.0 Å². The van der Waals surface area contributed by atoms with Gasteiger partial charge in [0.1, 0.15) is 23.5 Å². The summed E-state index contributed by atoms with van der Waals surface area (Å²) in [6.07, 6.45) is -1.39. The van der Waals surface area contributed by atoms with E-state index in [0.29, 0.717) is 11.3 Å². The maximum Gasteiger partial charge on any atom is 0.459 e. The largest absolute Gasteiger partial charge is 0.462 e. The standard InChI is InChI=1S/C27H36ClFN7O7P/c1-15(2)41-25(38)16(3)35-44(39,43-18-10-5-4-6-11-18)40-13-27(12-28)21(37)19(29)24(42-27)36-14-31-20-22(32-17-8-7-9-17)33-26(30)34-23(20)36/h4-6,10-11,14-17,19,21,24,37H,7-9,12-13H2,1-3H3,(H,35,39)(H3,30,32,33,34)/t16-,19+,21-,24+,27+,44+/m0/s1. The molecule has 2 fully saturated rings. The summed E-state index contributed by atoms with van der Waals surface area (Å²) < 4.78 is 53.7. The van der Waals surface area contributed by atoms with Gasteiger partial charge in [-0.15, -0.1) is 11.6 Å². The average molecular weight is 656 g/mol. The van der Waals surface area contributed by atoms with Gasteiger partial charge >= 0.3 is 13.7 Å². The van der Waals surface area contributed by atoms with Gasteiger partial charge in [0, 0.05) is 6.04 Å². The van der Waals surface area contributed by atoms with Crippen LogP contribution in [0.1, 0.15) is 46.3 Å². The molecule has 5 rings (SSSR count). The van der Waals surface area contributed by atoms with Crippen LogP contribution in [0.25, 0.3) is 11.2 Å². The van der Waals surface area contributed by atoms with Crippen LogP contribution in [-0.4, -0.2) is 79.1 Å². The third-order valence-electron chi connectivity index (χ3n) is 7.36. The van der Waals surface area contributed by atoms with Crippen molar-refractivity contribution in [1.29, 1.82) is 0 Å². The van der Waals surface area contributed by atoms with Crippen LogP contribution < -0.4 is 20.7 Å². The van der Waals surface area contributed by atoms with E-state index in [9.17, 15) is 14.5 Å². The molecule has 1 aromatic carbocycles. The predicted molar refractivity (Wildman–Crippen MR) is 160 cm³/mol. The van der Waals surface area contributed by atoms with Crippen molar-refractivity contribution >= 4 is 48.2 Å². The van der Waals surface area contributed by atoms with E-state index in [-0.39, 0.29) is 23.4 Å². The Morgan fingerprint density at radius 2 is 2.02 bits per heavy atom. The zero-order valence-corrected chi connectivity index (χ0v) is 26.1. The fourth-order valence-corrected chi connectivity index (χ4v) is 6.64. The van der Waals surface area contributed by atoms with Crippen molar-refractivity contribution in [3.05, 3.63) is 36.7 Å². The first-order valence-electron chi connectivity index (χ1n) is 14.2. The van der Waals surface area contributed by atoms with Crippen molar-refractivity contribution < 1.29 is 37.4 Å². The topological polar surface area (TPSA) is 185 Å². The number of rotatable bonds is 13. The number of aliphatic hydroxyl groups is 1. The maximum atomic E-state index is 15.8. The molecule has 17 heteroatoms. The van der Waals surface area contributed by atoms with E-state index in [0.717, 1.165) is 19.3 Å². The first kappa shape index (κ1) is 32.3. The Labute approximate surface area is 258 Å². The molecule has 2 aliphatic rings. The number of hydrogen-bond acceptors (Lipinski definition) is 12. The number of benzene rings is 1. The Morgan fingerprint density at radius 1 is 1.30 bits per heavy atom. The number of carbonyl (C=O) groups is 1. The Balaban J connectivity index is 1.39. The molecular weight excluding hydrogens is 620 g/mol. The SMILES string of the molecule is CC(C)OC(=O)[C@H](C)N[P@@](=O)(OC[C@@]1(CCl)O[C@@H](n2cnc3c(NC4CCC4)nc(N)nc32)[C@H](F)[C@@H]1O)Oc1ccccc1. The van der Waals surface area contributed by atoms with Crippen molar-refractivity contribution in [2.45, 2.75) is 82.3 Å². The summed E-state index contributed by atoms with van der Waals surface area (Å²) in [5, 5.41) is 16.9. The molecule has 0 radical (unpaired) electrons. The molecule has 3 heterocycles. The minimum Gasteiger partial charge on any atom is -0.462 e. The van der Waals surface area contributed by atoms with Gasteiger partial charge in [0.05, 0.1) is 24.9 Å². The highest BCUT2D eigenvalue weighted by Gasteiger charge is 2.57. The molecule has 44 heavy (non-hydrogen) atoms. The number of anilines is 2. The maximum absolute atomic E-state index is 15.8. The minimum atomic E-state index is -4.38. The van der Waals surface area contributed by atoms with E-state index in [1.807, 2.05) is 0 Å². The lowest BCUT2D eigenvalue weighted by molar-refractivity contribution is -0.149. The van der Waals surface area contributed by atoms with Crippen LogP contribution in [0.15, 0.2) is 36.7 Å². The number of para-hydroxylation sites is 1. The highest BCUT2D eigenvalue weighted by atomic mass is 35.5. The molecule has 2 aromatic heterocycles. The van der Waals surface area contributed by atoms with Crippen molar-refractivity contribution in [2.24, 2.45) is 0 Å². The molecule has 6 atom stereocenters. The van der Waals surface area contributed by atoms with Gasteiger partial charge in [-0.2, -0.15) is 15.1 Å². The molecule has 0 unspecified atom stereocenters. The second-order valence-corrected chi connectivity index (χ2v) is 13.1. The zero-order valence-electron chi connectivity index (χ0n) is 24.4. The summed E-state index contributed by atoms with van der Waals surface area (Å²) in [5.41, 5.74) is 4.60. The fourth-order valence-electron chi connectivity index (χ4n) is 4.79. The summed E-state index contributed by atoms with van der Waals surface area (Å²) >= 11 is 6.27. The number of nitrogen functional groups attached to an aromatic ring is 1. The molecule has 1 saturated carbocycles. The van der Waals surface area contributed by atoms with Crippen LogP contribution in [0, 0.1) is 0 Å². The van der Waals surface area contributed by atoms with Crippen molar-refractivity contribution in [3.8, 4) is 5.75 Å². The summed E-state index contributed by atoms with van der Waals surface area (Å²) in [6, 6.07) is 7.19. The first-order chi connectivity index (χ1) is 20.9. The number of nitrogens with one attached hydrogen (secondary N) is 2. The van der Waals surface area contributed by atoms with E-state index < -0.39 is 62.5 Å². The zero-order chi connectivity index (χ0) is 31.6. The number of fused-ring (bicyclic) bond motifs is 1. The summed E-state index contributed by atoms with van der Waals surface area (Å²) in [4.78, 5) is 25.3. The van der Waals surface area contributed by atoms with E-state index in [4.69, 9.17) is 35.9 Å². The van der Waals surface area contributed by atoms with Gasteiger partial charge in [0.25, 0.3) is 0 Å². The van der Waals surface area contributed by atoms with E-state index in [1.54, 1.807) is 32.0 Å². The lowest BCUT2D eigenvalue weighted by atomic mass is 9.93. The van der Waals surface area contributed by atoms with Gasteiger partial charge in [-0.25, -0.2) is 13.9 Å². The molecule has 240 valence electrons. The predicted octanol–water partition coefficient (Wildman–Crippen LogP) is 3.71. The molecule has 3 aromatic rings. The van der Waals surface area contributed by atoms with Crippen LogP contribution in [0.2, 0.25) is 0 Å². The van der Waals surface area contributed by atoms with Gasteiger partial charge in [-0.3, -0.25) is 13.9 Å². The van der Waals surface area contributed by atoms with Crippen LogP contribution in [0.5, 0.6) is 5.75 Å². The molecule has 0 amide bonds. The van der Waals surface area contributed by atoms with E-state index in [2.05, 4.69) is 25.4 Å². The Morgan fingerprint density at radius 3 is 2.66 bits per heavy atom. The summed E-state index contributed by atoms with van der Waals surface area (Å²) in [6.45, 7) is 4.08. The quantitative estimate of drug-likeness (QED) is 0.119. The summed E-state index contributed by atoms with van der Waals surface area (Å²) in [7, 11) is -4.38. The highest BCUT2D eigenvalue weighted by Crippen LogP contribution is 2.49.